The van der Waals surface area contributed by atoms with Crippen molar-refractivity contribution in [2.24, 2.45) is 0 Å². The third kappa shape index (κ3) is 2.50. The van der Waals surface area contributed by atoms with Crippen molar-refractivity contribution in [3.63, 3.8) is 0 Å². The zero-order chi connectivity index (χ0) is 14.0. The van der Waals surface area contributed by atoms with E-state index in [1.807, 2.05) is 0 Å². The van der Waals surface area contributed by atoms with Gasteiger partial charge in [0.25, 0.3) is 0 Å². The Morgan fingerprint density at radius 2 is 1.63 bits per heavy atom. The smallest absolute Gasteiger partial charge is 0.184 e. The molecule has 2 nitrogen and oxygen atoms in total. The molecule has 5 heteroatoms. The monoisotopic (exact) mass is 266 g/mol. The maximum absolute atomic E-state index is 13.9. The Morgan fingerprint density at radius 3 is 2.21 bits per heavy atom. The van der Waals surface area contributed by atoms with Crippen LogP contribution in [0.4, 0.5) is 30.2 Å². The van der Waals surface area contributed by atoms with Gasteiger partial charge in [0.15, 0.2) is 11.6 Å². The van der Waals surface area contributed by atoms with Crippen LogP contribution in [-0.4, -0.2) is 6.54 Å². The van der Waals surface area contributed by atoms with Gasteiger partial charge in [-0.05, 0) is 43.3 Å². The maximum Gasteiger partial charge on any atom is 0.184 e. The van der Waals surface area contributed by atoms with Crippen molar-refractivity contribution in [1.82, 2.24) is 0 Å². The SMILES string of the molecule is CCN(c1ccc(F)cc1)c1c(N)ccc(F)c1F. The van der Waals surface area contributed by atoms with Crippen LogP contribution < -0.4 is 10.6 Å². The van der Waals surface area contributed by atoms with E-state index in [0.29, 0.717) is 12.2 Å². The Morgan fingerprint density at radius 1 is 1.00 bits per heavy atom. The van der Waals surface area contributed by atoms with Crippen LogP contribution in [0.2, 0.25) is 0 Å². The summed E-state index contributed by atoms with van der Waals surface area (Å²) in [6.45, 7) is 2.14. The van der Waals surface area contributed by atoms with Crippen LogP contribution in [0.15, 0.2) is 36.4 Å². The Kier molecular flexibility index (Phi) is 3.64. The lowest BCUT2D eigenvalue weighted by atomic mass is 10.2. The van der Waals surface area contributed by atoms with E-state index >= 15 is 0 Å². The Hall–Kier alpha value is -2.17. The van der Waals surface area contributed by atoms with Crippen LogP contribution in [0.1, 0.15) is 6.92 Å². The summed E-state index contributed by atoms with van der Waals surface area (Å²) in [4.78, 5) is 1.49. The Labute approximate surface area is 109 Å². The van der Waals surface area contributed by atoms with Gasteiger partial charge >= 0.3 is 0 Å². The van der Waals surface area contributed by atoms with E-state index < -0.39 is 17.5 Å². The zero-order valence-electron chi connectivity index (χ0n) is 10.3. The van der Waals surface area contributed by atoms with Gasteiger partial charge < -0.3 is 10.6 Å². The highest BCUT2D eigenvalue weighted by Crippen LogP contribution is 2.33. The van der Waals surface area contributed by atoms with Gasteiger partial charge in [-0.1, -0.05) is 0 Å². The fraction of sp³-hybridized carbons (Fsp3) is 0.143. The summed E-state index contributed by atoms with van der Waals surface area (Å²) in [5.41, 5.74) is 6.35. The van der Waals surface area contributed by atoms with E-state index in [4.69, 9.17) is 5.73 Å². The summed E-state index contributed by atoms with van der Waals surface area (Å²) in [6, 6.07) is 7.77. The molecule has 2 rings (SSSR count). The minimum atomic E-state index is -1.01. The lowest BCUT2D eigenvalue weighted by molar-refractivity contribution is 0.509. The molecule has 0 aliphatic carbocycles. The molecule has 0 spiro atoms. The number of hydrogen-bond acceptors (Lipinski definition) is 2. The topological polar surface area (TPSA) is 29.3 Å². The van der Waals surface area contributed by atoms with E-state index in [1.54, 1.807) is 6.92 Å². The molecule has 0 saturated heterocycles. The number of halogens is 3. The number of nitrogen functional groups attached to an aromatic ring is 1. The van der Waals surface area contributed by atoms with E-state index in [0.717, 1.165) is 6.07 Å². The molecule has 2 N–H and O–H groups in total. The predicted octanol–water partition coefficient (Wildman–Crippen LogP) is 3.84. The molecule has 2 aromatic carbocycles. The molecule has 100 valence electrons. The van der Waals surface area contributed by atoms with Crippen molar-refractivity contribution >= 4 is 17.1 Å². The van der Waals surface area contributed by atoms with Crippen LogP contribution in [0.25, 0.3) is 0 Å². The summed E-state index contributed by atoms with van der Waals surface area (Å²) >= 11 is 0. The average molecular weight is 266 g/mol. The molecule has 19 heavy (non-hydrogen) atoms. The first-order chi connectivity index (χ1) is 9.04. The number of nitrogens with zero attached hydrogens (tertiary/aromatic N) is 1. The minimum Gasteiger partial charge on any atom is -0.397 e. The van der Waals surface area contributed by atoms with Gasteiger partial charge in [0.05, 0.1) is 5.69 Å². The highest BCUT2D eigenvalue weighted by molar-refractivity contribution is 5.75. The second kappa shape index (κ2) is 5.22. The first kappa shape index (κ1) is 13.3. The third-order valence-corrected chi connectivity index (χ3v) is 2.82. The summed E-state index contributed by atoms with van der Waals surface area (Å²) in [5, 5.41) is 0. The molecule has 0 heterocycles. The first-order valence-electron chi connectivity index (χ1n) is 5.81. The maximum atomic E-state index is 13.9. The fourth-order valence-electron chi connectivity index (χ4n) is 1.92. The summed E-state index contributed by atoms with van der Waals surface area (Å²) in [5.74, 6) is -2.37. The quantitative estimate of drug-likeness (QED) is 0.855. The van der Waals surface area contributed by atoms with Gasteiger partial charge in [-0.25, -0.2) is 13.2 Å². The molecular formula is C14H13F3N2. The van der Waals surface area contributed by atoms with Gasteiger partial charge in [0.1, 0.15) is 11.5 Å². The molecule has 0 amide bonds. The van der Waals surface area contributed by atoms with Crippen LogP contribution in [0.3, 0.4) is 0 Å². The molecule has 0 aromatic heterocycles. The molecule has 0 atom stereocenters. The van der Waals surface area contributed by atoms with Crippen LogP contribution in [-0.2, 0) is 0 Å². The highest BCUT2D eigenvalue weighted by Gasteiger charge is 2.18. The molecular weight excluding hydrogens is 253 g/mol. The second-order valence-electron chi connectivity index (χ2n) is 4.02. The normalized spacial score (nSPS) is 10.5. The van der Waals surface area contributed by atoms with Crippen molar-refractivity contribution in [3.8, 4) is 0 Å². The second-order valence-corrected chi connectivity index (χ2v) is 4.02. The largest absolute Gasteiger partial charge is 0.397 e. The number of rotatable bonds is 3. The minimum absolute atomic E-state index is 0.0332. The molecule has 0 bridgehead atoms. The molecule has 0 saturated carbocycles. The molecule has 0 fully saturated rings. The van der Waals surface area contributed by atoms with Crippen molar-refractivity contribution in [2.45, 2.75) is 6.92 Å². The highest BCUT2D eigenvalue weighted by atomic mass is 19.2. The fourth-order valence-corrected chi connectivity index (χ4v) is 1.92. The Bertz CT molecular complexity index is 582. The van der Waals surface area contributed by atoms with Crippen molar-refractivity contribution in [3.05, 3.63) is 53.8 Å². The lowest BCUT2D eigenvalue weighted by Crippen LogP contribution is -2.19. The lowest BCUT2D eigenvalue weighted by Gasteiger charge is -2.25. The molecule has 0 unspecified atom stereocenters. The summed E-state index contributed by atoms with van der Waals surface area (Å²) in [7, 11) is 0. The van der Waals surface area contributed by atoms with E-state index in [-0.39, 0.29) is 11.4 Å². The number of anilines is 3. The first-order valence-corrected chi connectivity index (χ1v) is 5.81. The third-order valence-electron chi connectivity index (χ3n) is 2.82. The van der Waals surface area contributed by atoms with Crippen molar-refractivity contribution < 1.29 is 13.2 Å². The molecule has 0 aliphatic heterocycles. The van der Waals surface area contributed by atoms with E-state index in [2.05, 4.69) is 0 Å². The summed E-state index contributed by atoms with van der Waals surface area (Å²) in [6.07, 6.45) is 0. The van der Waals surface area contributed by atoms with Crippen molar-refractivity contribution in [2.75, 3.05) is 17.2 Å². The predicted molar refractivity (Wildman–Crippen MR) is 69.9 cm³/mol. The average Bonchev–Trinajstić information content (AvgIpc) is 2.40. The van der Waals surface area contributed by atoms with Crippen LogP contribution in [0.5, 0.6) is 0 Å². The van der Waals surface area contributed by atoms with Crippen LogP contribution in [0, 0.1) is 17.5 Å². The van der Waals surface area contributed by atoms with Gasteiger partial charge in [0.2, 0.25) is 0 Å². The van der Waals surface area contributed by atoms with Gasteiger partial charge in [-0.15, -0.1) is 0 Å². The van der Waals surface area contributed by atoms with E-state index in [1.165, 1.54) is 35.2 Å². The van der Waals surface area contributed by atoms with Gasteiger partial charge in [-0.3, -0.25) is 0 Å². The molecule has 0 aliphatic rings. The Balaban J connectivity index is 2.54. The molecule has 2 aromatic rings. The van der Waals surface area contributed by atoms with Crippen LogP contribution >= 0.6 is 0 Å². The number of nitrogens with two attached hydrogens (primary N) is 1. The van der Waals surface area contributed by atoms with Crippen molar-refractivity contribution in [1.29, 1.82) is 0 Å². The number of hydrogen-bond donors (Lipinski definition) is 1. The summed E-state index contributed by atoms with van der Waals surface area (Å²) < 4.78 is 40.1. The van der Waals surface area contributed by atoms with E-state index in [9.17, 15) is 13.2 Å². The number of benzene rings is 2. The van der Waals surface area contributed by atoms with Gasteiger partial charge in [-0.2, -0.15) is 0 Å². The molecule has 0 radical (unpaired) electrons. The standard InChI is InChI=1S/C14H13F3N2/c1-2-19(10-5-3-9(15)4-6-10)14-12(18)8-7-11(16)13(14)17/h3-8H,2,18H2,1H3. The zero-order valence-corrected chi connectivity index (χ0v) is 10.3. The van der Waals surface area contributed by atoms with Gasteiger partial charge in [0, 0.05) is 12.2 Å².